The van der Waals surface area contributed by atoms with E-state index in [4.69, 9.17) is 4.98 Å². The van der Waals surface area contributed by atoms with E-state index >= 15 is 0 Å². The predicted molar refractivity (Wildman–Crippen MR) is 100 cm³/mol. The number of halogens is 1. The third-order valence-electron chi connectivity index (χ3n) is 4.22. The monoisotopic (exact) mass is 354 g/mol. The SMILES string of the molecule is CN(C)CCNc1nc(N2CCN(C)CC2)c2cnn(C)c2n1.Cl. The van der Waals surface area contributed by atoms with Crippen molar-refractivity contribution in [1.29, 1.82) is 0 Å². The molecule has 0 unspecified atom stereocenters. The van der Waals surface area contributed by atoms with Gasteiger partial charge in [-0.2, -0.15) is 15.1 Å². The summed E-state index contributed by atoms with van der Waals surface area (Å²) >= 11 is 0. The maximum Gasteiger partial charge on any atom is 0.226 e. The lowest BCUT2D eigenvalue weighted by Gasteiger charge is -2.33. The van der Waals surface area contributed by atoms with Crippen molar-refractivity contribution in [3.8, 4) is 0 Å². The summed E-state index contributed by atoms with van der Waals surface area (Å²) in [5.41, 5.74) is 0.876. The average molecular weight is 355 g/mol. The van der Waals surface area contributed by atoms with E-state index in [1.165, 1.54) is 0 Å². The van der Waals surface area contributed by atoms with E-state index in [0.717, 1.165) is 56.1 Å². The Labute approximate surface area is 149 Å². The highest BCUT2D eigenvalue weighted by Crippen LogP contribution is 2.25. The fourth-order valence-corrected chi connectivity index (χ4v) is 2.74. The van der Waals surface area contributed by atoms with Gasteiger partial charge in [-0.1, -0.05) is 0 Å². The lowest BCUT2D eigenvalue weighted by molar-refractivity contribution is 0.312. The Balaban J connectivity index is 0.00000208. The van der Waals surface area contributed by atoms with Crippen LogP contribution in [0.4, 0.5) is 11.8 Å². The summed E-state index contributed by atoms with van der Waals surface area (Å²) in [5.74, 6) is 1.67. The molecule has 2 aromatic rings. The van der Waals surface area contributed by atoms with Gasteiger partial charge in [0.25, 0.3) is 0 Å². The van der Waals surface area contributed by atoms with Crippen LogP contribution in [0.15, 0.2) is 6.20 Å². The third-order valence-corrected chi connectivity index (χ3v) is 4.22. The summed E-state index contributed by atoms with van der Waals surface area (Å²) in [5, 5.41) is 8.71. The summed E-state index contributed by atoms with van der Waals surface area (Å²) in [6.07, 6.45) is 1.87. The van der Waals surface area contributed by atoms with E-state index in [-0.39, 0.29) is 12.4 Å². The normalized spacial score (nSPS) is 15.8. The highest BCUT2D eigenvalue weighted by Gasteiger charge is 2.20. The number of anilines is 2. The molecule has 8 nitrogen and oxygen atoms in total. The smallest absolute Gasteiger partial charge is 0.226 e. The summed E-state index contributed by atoms with van der Waals surface area (Å²) in [6, 6.07) is 0. The number of likely N-dealkylation sites (N-methyl/N-ethyl adjacent to an activating group) is 2. The molecule has 0 spiro atoms. The second-order valence-electron chi connectivity index (χ2n) is 6.40. The van der Waals surface area contributed by atoms with Crippen LogP contribution in [-0.2, 0) is 7.05 Å². The molecule has 1 aliphatic heterocycles. The Morgan fingerprint density at radius 2 is 1.83 bits per heavy atom. The largest absolute Gasteiger partial charge is 0.353 e. The number of hydrogen-bond donors (Lipinski definition) is 1. The molecular weight excluding hydrogens is 328 g/mol. The lowest BCUT2D eigenvalue weighted by Crippen LogP contribution is -2.45. The van der Waals surface area contributed by atoms with Gasteiger partial charge >= 0.3 is 0 Å². The summed E-state index contributed by atoms with van der Waals surface area (Å²) in [6.45, 7) is 5.82. The zero-order chi connectivity index (χ0) is 16.4. The molecule has 0 amide bonds. The third kappa shape index (κ3) is 4.06. The van der Waals surface area contributed by atoms with Gasteiger partial charge in [0.2, 0.25) is 5.95 Å². The van der Waals surface area contributed by atoms with Gasteiger partial charge < -0.3 is 20.0 Å². The van der Waals surface area contributed by atoms with Gasteiger partial charge in [-0.15, -0.1) is 12.4 Å². The van der Waals surface area contributed by atoms with Crippen molar-refractivity contribution in [3.05, 3.63) is 6.20 Å². The molecule has 1 aliphatic rings. The molecule has 24 heavy (non-hydrogen) atoms. The minimum absolute atomic E-state index is 0. The Kier molecular flexibility index (Phi) is 6.20. The fraction of sp³-hybridized carbons (Fsp3) is 0.667. The molecular formula is C15H27ClN8. The molecule has 0 atom stereocenters. The number of hydrogen-bond acceptors (Lipinski definition) is 7. The molecule has 0 radical (unpaired) electrons. The molecule has 1 N–H and O–H groups in total. The van der Waals surface area contributed by atoms with Crippen LogP contribution in [0.5, 0.6) is 0 Å². The standard InChI is InChI=1S/C15H26N8.ClH/c1-20(2)6-5-16-15-18-13-12(11-17-22(13)4)14(19-15)23-9-7-21(3)8-10-23;/h11H,5-10H2,1-4H3,(H,16,18,19);1H. The fourth-order valence-electron chi connectivity index (χ4n) is 2.74. The van der Waals surface area contributed by atoms with Crippen molar-refractivity contribution in [1.82, 2.24) is 29.5 Å². The molecule has 9 heteroatoms. The molecule has 2 aromatic heterocycles. The zero-order valence-electron chi connectivity index (χ0n) is 14.9. The van der Waals surface area contributed by atoms with E-state index in [0.29, 0.717) is 5.95 Å². The van der Waals surface area contributed by atoms with E-state index in [9.17, 15) is 0 Å². The van der Waals surface area contributed by atoms with Gasteiger partial charge in [0.05, 0.1) is 11.6 Å². The molecule has 0 bridgehead atoms. The first-order chi connectivity index (χ1) is 11.0. The van der Waals surface area contributed by atoms with E-state index in [1.54, 1.807) is 0 Å². The topological polar surface area (TPSA) is 65.3 Å². The van der Waals surface area contributed by atoms with Crippen molar-refractivity contribution in [2.75, 3.05) is 70.6 Å². The number of nitrogens with zero attached hydrogens (tertiary/aromatic N) is 7. The Morgan fingerprint density at radius 1 is 1.12 bits per heavy atom. The minimum Gasteiger partial charge on any atom is -0.353 e. The van der Waals surface area contributed by atoms with Gasteiger partial charge in [0, 0.05) is 46.3 Å². The Bertz CT molecular complexity index is 663. The number of aryl methyl sites for hydroxylation is 1. The number of aromatic nitrogens is 4. The van der Waals surface area contributed by atoms with Crippen LogP contribution in [0, 0.1) is 0 Å². The van der Waals surface area contributed by atoms with Gasteiger partial charge in [0.15, 0.2) is 5.65 Å². The van der Waals surface area contributed by atoms with Crippen LogP contribution in [0.2, 0.25) is 0 Å². The van der Waals surface area contributed by atoms with Crippen LogP contribution in [-0.4, -0.2) is 90.0 Å². The van der Waals surface area contributed by atoms with E-state index < -0.39 is 0 Å². The maximum atomic E-state index is 4.77. The minimum atomic E-state index is 0. The Hall–Kier alpha value is -1.64. The number of nitrogens with one attached hydrogen (secondary N) is 1. The number of piperazine rings is 1. The molecule has 1 saturated heterocycles. The molecule has 3 rings (SSSR count). The van der Waals surface area contributed by atoms with Crippen molar-refractivity contribution < 1.29 is 0 Å². The van der Waals surface area contributed by atoms with Gasteiger partial charge in [-0.25, -0.2) is 0 Å². The quantitative estimate of drug-likeness (QED) is 0.839. The molecule has 0 saturated carbocycles. The van der Waals surface area contributed by atoms with Crippen LogP contribution in [0.25, 0.3) is 11.0 Å². The zero-order valence-corrected chi connectivity index (χ0v) is 15.7. The maximum absolute atomic E-state index is 4.77. The first-order valence-corrected chi connectivity index (χ1v) is 8.06. The van der Waals surface area contributed by atoms with Crippen molar-refractivity contribution >= 4 is 35.2 Å². The molecule has 0 aliphatic carbocycles. The van der Waals surface area contributed by atoms with E-state index in [2.05, 4.69) is 51.2 Å². The average Bonchev–Trinajstić information content (AvgIpc) is 2.89. The van der Waals surface area contributed by atoms with Crippen molar-refractivity contribution in [2.45, 2.75) is 0 Å². The molecule has 1 fully saturated rings. The van der Waals surface area contributed by atoms with Crippen LogP contribution in [0.3, 0.4) is 0 Å². The summed E-state index contributed by atoms with van der Waals surface area (Å²) in [4.78, 5) is 16.2. The second kappa shape index (κ2) is 7.96. The van der Waals surface area contributed by atoms with Crippen LogP contribution >= 0.6 is 12.4 Å². The summed E-state index contributed by atoms with van der Waals surface area (Å²) < 4.78 is 1.81. The highest BCUT2D eigenvalue weighted by molar-refractivity contribution is 5.88. The molecule has 3 heterocycles. The lowest BCUT2D eigenvalue weighted by atomic mass is 10.3. The van der Waals surface area contributed by atoms with Gasteiger partial charge in [0.1, 0.15) is 5.82 Å². The predicted octanol–water partition coefficient (Wildman–Crippen LogP) is 0.510. The first kappa shape index (κ1) is 18.7. The first-order valence-electron chi connectivity index (χ1n) is 8.06. The van der Waals surface area contributed by atoms with Crippen molar-refractivity contribution in [2.24, 2.45) is 7.05 Å². The van der Waals surface area contributed by atoms with Gasteiger partial charge in [-0.05, 0) is 21.1 Å². The Morgan fingerprint density at radius 3 is 2.50 bits per heavy atom. The van der Waals surface area contributed by atoms with E-state index in [1.807, 2.05) is 17.9 Å². The second-order valence-corrected chi connectivity index (χ2v) is 6.40. The van der Waals surface area contributed by atoms with Gasteiger partial charge in [-0.3, -0.25) is 4.68 Å². The van der Waals surface area contributed by atoms with Crippen LogP contribution < -0.4 is 10.2 Å². The highest BCUT2D eigenvalue weighted by atomic mass is 35.5. The molecule has 134 valence electrons. The van der Waals surface area contributed by atoms with Crippen molar-refractivity contribution in [3.63, 3.8) is 0 Å². The summed E-state index contributed by atoms with van der Waals surface area (Å²) in [7, 11) is 8.20. The van der Waals surface area contributed by atoms with Crippen LogP contribution in [0.1, 0.15) is 0 Å². The number of rotatable bonds is 5. The molecule has 0 aromatic carbocycles. The number of fused-ring (bicyclic) bond motifs is 1.